The van der Waals surface area contributed by atoms with Crippen LogP contribution in [0.3, 0.4) is 0 Å². The lowest BCUT2D eigenvalue weighted by molar-refractivity contribution is -0.121. The Morgan fingerprint density at radius 2 is 2.58 bits per heavy atom. The summed E-state index contributed by atoms with van der Waals surface area (Å²) in [7, 11) is 0. The third-order valence-corrected chi connectivity index (χ3v) is 1.28. The van der Waals surface area contributed by atoms with E-state index in [9.17, 15) is 4.79 Å². The molecular weight excluding hydrogens is 158 g/mol. The van der Waals surface area contributed by atoms with E-state index in [1.165, 1.54) is 31.7 Å². The molecule has 64 valence electrons. The average molecular weight is 167 g/mol. The van der Waals surface area contributed by atoms with E-state index < -0.39 is 6.10 Å². The highest BCUT2D eigenvalue weighted by molar-refractivity contribution is 5.96. The topological polar surface area (TPSA) is 63.3 Å². The normalized spacial score (nSPS) is 13.5. The van der Waals surface area contributed by atoms with E-state index in [4.69, 9.17) is 5.11 Å². The van der Waals surface area contributed by atoms with E-state index in [0.29, 0.717) is 5.69 Å². The molecule has 1 aromatic heterocycles. The van der Waals surface area contributed by atoms with Crippen LogP contribution in [0.4, 0.5) is 0 Å². The summed E-state index contributed by atoms with van der Waals surface area (Å²) in [5, 5.41) is 8.80. The Hall–Kier alpha value is -1.42. The van der Waals surface area contributed by atoms with Crippen molar-refractivity contribution in [3.05, 3.63) is 24.4 Å². The highest BCUT2D eigenvalue weighted by Crippen LogP contribution is 1.98. The number of rotatable bonds is 3. The van der Waals surface area contributed by atoms with Crippen molar-refractivity contribution in [2.24, 2.45) is 0 Å². The summed E-state index contributed by atoms with van der Waals surface area (Å²) >= 11 is 0. The monoisotopic (exact) mass is 167 g/mol. The lowest BCUT2D eigenvalue weighted by Gasteiger charge is -1.94. The van der Waals surface area contributed by atoms with E-state index in [-0.39, 0.29) is 5.78 Å². The Morgan fingerprint density at radius 3 is 3.08 bits per heavy atom. The minimum atomic E-state index is -0.965. The molecule has 0 saturated carbocycles. The molecule has 0 fully saturated rings. The molecule has 4 nitrogen and oxygen atoms in total. The summed E-state index contributed by atoms with van der Waals surface area (Å²) in [6.07, 6.45) is 4.47. The maximum Gasteiger partial charge on any atom is 0.183 e. The van der Waals surface area contributed by atoms with Crippen molar-refractivity contribution in [1.29, 1.82) is 0 Å². The van der Waals surface area contributed by atoms with Gasteiger partial charge < -0.3 is 9.52 Å². The first-order chi connectivity index (χ1) is 5.70. The van der Waals surface area contributed by atoms with Crippen molar-refractivity contribution >= 4 is 11.9 Å². The molecule has 0 aliphatic carbocycles. The second-order valence-corrected chi connectivity index (χ2v) is 2.32. The van der Waals surface area contributed by atoms with Crippen LogP contribution in [0.2, 0.25) is 0 Å². The molecule has 1 atom stereocenters. The van der Waals surface area contributed by atoms with Crippen LogP contribution < -0.4 is 0 Å². The first-order valence-corrected chi connectivity index (χ1v) is 3.48. The lowest BCUT2D eigenvalue weighted by atomic mass is 10.2. The van der Waals surface area contributed by atoms with Gasteiger partial charge in [-0.15, -0.1) is 0 Å². The molecule has 0 saturated heterocycles. The summed E-state index contributed by atoms with van der Waals surface area (Å²) in [5.74, 6) is -0.349. The average Bonchev–Trinajstić information content (AvgIpc) is 2.51. The van der Waals surface area contributed by atoms with Gasteiger partial charge in [0.25, 0.3) is 0 Å². The summed E-state index contributed by atoms with van der Waals surface area (Å²) in [4.78, 5) is 14.6. The number of aliphatic hydroxyl groups excluding tert-OH is 1. The number of aromatic nitrogens is 1. The molecular formula is C8H9NO3. The third kappa shape index (κ3) is 2.32. The zero-order valence-corrected chi connectivity index (χ0v) is 6.60. The van der Waals surface area contributed by atoms with Gasteiger partial charge in [-0.2, -0.15) is 0 Å². The van der Waals surface area contributed by atoms with E-state index in [1.807, 2.05) is 0 Å². The van der Waals surface area contributed by atoms with Crippen LogP contribution in [0.15, 0.2) is 23.1 Å². The molecule has 1 unspecified atom stereocenters. The Kier molecular flexibility index (Phi) is 2.76. The van der Waals surface area contributed by atoms with Crippen LogP contribution in [0.1, 0.15) is 12.6 Å². The largest absolute Gasteiger partial charge is 0.451 e. The van der Waals surface area contributed by atoms with Crippen LogP contribution >= 0.6 is 0 Å². The van der Waals surface area contributed by atoms with E-state index in [1.54, 1.807) is 0 Å². The van der Waals surface area contributed by atoms with Gasteiger partial charge >= 0.3 is 0 Å². The summed E-state index contributed by atoms with van der Waals surface area (Å²) in [6.45, 7) is 1.41. The molecule has 1 aromatic rings. The Labute approximate surface area is 69.5 Å². The summed E-state index contributed by atoms with van der Waals surface area (Å²) in [6, 6.07) is 0. The van der Waals surface area contributed by atoms with Gasteiger partial charge in [0.05, 0.1) is 0 Å². The first-order valence-electron chi connectivity index (χ1n) is 3.48. The second-order valence-electron chi connectivity index (χ2n) is 2.32. The van der Waals surface area contributed by atoms with Crippen LogP contribution in [0.5, 0.6) is 0 Å². The predicted octanol–water partition coefficient (Wildman–Crippen LogP) is 0.638. The molecule has 0 amide bonds. The number of carbonyl (C=O) groups excluding carboxylic acids is 1. The molecule has 0 aliphatic heterocycles. The van der Waals surface area contributed by atoms with Gasteiger partial charge in [-0.05, 0) is 19.1 Å². The minimum Gasteiger partial charge on any atom is -0.451 e. The SMILES string of the molecule is CC(O)C(=O)C=Cc1cocn1. The zero-order valence-electron chi connectivity index (χ0n) is 6.60. The molecule has 0 bridgehead atoms. The van der Waals surface area contributed by atoms with Crippen LogP contribution in [0, 0.1) is 0 Å². The predicted molar refractivity (Wildman–Crippen MR) is 42.2 cm³/mol. The number of aliphatic hydroxyl groups is 1. The first kappa shape index (κ1) is 8.67. The Bertz CT molecular complexity index is 275. The van der Waals surface area contributed by atoms with Gasteiger partial charge in [-0.3, -0.25) is 4.79 Å². The maximum absolute atomic E-state index is 10.8. The van der Waals surface area contributed by atoms with E-state index in [0.717, 1.165) is 0 Å². The summed E-state index contributed by atoms with van der Waals surface area (Å²) < 4.78 is 4.67. The molecule has 4 heteroatoms. The zero-order chi connectivity index (χ0) is 8.97. The quantitative estimate of drug-likeness (QED) is 0.671. The maximum atomic E-state index is 10.8. The fourth-order valence-electron chi connectivity index (χ4n) is 0.611. The standard InChI is InChI=1S/C8H9NO3/c1-6(10)8(11)3-2-7-4-12-5-9-7/h2-6,10H,1H3. The number of hydrogen-bond donors (Lipinski definition) is 1. The van der Waals surface area contributed by atoms with E-state index >= 15 is 0 Å². The van der Waals surface area contributed by atoms with Crippen molar-refractivity contribution in [3.63, 3.8) is 0 Å². The number of carbonyl (C=O) groups is 1. The van der Waals surface area contributed by atoms with Crippen molar-refractivity contribution < 1.29 is 14.3 Å². The van der Waals surface area contributed by atoms with E-state index in [2.05, 4.69) is 9.40 Å². The Balaban J connectivity index is 2.57. The van der Waals surface area contributed by atoms with Gasteiger partial charge in [0.15, 0.2) is 12.2 Å². The highest BCUT2D eigenvalue weighted by Gasteiger charge is 2.03. The highest BCUT2D eigenvalue weighted by atomic mass is 16.3. The van der Waals surface area contributed by atoms with Crippen LogP contribution in [0.25, 0.3) is 6.08 Å². The number of nitrogens with zero attached hydrogens (tertiary/aromatic N) is 1. The van der Waals surface area contributed by atoms with Crippen molar-refractivity contribution in [1.82, 2.24) is 4.98 Å². The van der Waals surface area contributed by atoms with Gasteiger partial charge in [-0.1, -0.05) is 0 Å². The molecule has 1 heterocycles. The fraction of sp³-hybridized carbons (Fsp3) is 0.250. The van der Waals surface area contributed by atoms with Crippen LogP contribution in [-0.2, 0) is 4.79 Å². The van der Waals surface area contributed by atoms with Gasteiger partial charge in [0.1, 0.15) is 18.1 Å². The second kappa shape index (κ2) is 3.82. The fourth-order valence-corrected chi connectivity index (χ4v) is 0.611. The molecule has 1 N–H and O–H groups in total. The molecule has 0 aliphatic rings. The summed E-state index contributed by atoms with van der Waals surface area (Å²) in [5.41, 5.74) is 0.559. The lowest BCUT2D eigenvalue weighted by Crippen LogP contribution is -2.12. The van der Waals surface area contributed by atoms with Crippen molar-refractivity contribution in [2.75, 3.05) is 0 Å². The van der Waals surface area contributed by atoms with Crippen molar-refractivity contribution in [3.8, 4) is 0 Å². The number of ketones is 1. The minimum absolute atomic E-state index is 0.349. The van der Waals surface area contributed by atoms with Crippen LogP contribution in [-0.4, -0.2) is 22.0 Å². The molecule has 0 aromatic carbocycles. The molecule has 12 heavy (non-hydrogen) atoms. The Morgan fingerprint density at radius 1 is 1.83 bits per heavy atom. The third-order valence-electron chi connectivity index (χ3n) is 1.28. The number of hydrogen-bond acceptors (Lipinski definition) is 4. The molecule has 0 radical (unpaired) electrons. The smallest absolute Gasteiger partial charge is 0.183 e. The number of oxazole rings is 1. The molecule has 0 spiro atoms. The molecule has 1 rings (SSSR count). The van der Waals surface area contributed by atoms with Gasteiger partial charge in [0, 0.05) is 0 Å². The van der Waals surface area contributed by atoms with Gasteiger partial charge in [0.2, 0.25) is 0 Å². The van der Waals surface area contributed by atoms with Crippen molar-refractivity contribution in [2.45, 2.75) is 13.0 Å². The van der Waals surface area contributed by atoms with Gasteiger partial charge in [-0.25, -0.2) is 4.98 Å².